The molecule has 90 valence electrons. The first-order valence-electron chi connectivity index (χ1n) is 5.85. The lowest BCUT2D eigenvalue weighted by molar-refractivity contribution is 0.339. The van der Waals surface area contributed by atoms with Crippen LogP contribution in [0.2, 0.25) is 0 Å². The Labute approximate surface area is 100 Å². The van der Waals surface area contributed by atoms with Crippen molar-refractivity contribution < 1.29 is 4.52 Å². The summed E-state index contributed by atoms with van der Waals surface area (Å²) in [6.07, 6.45) is 7.91. The zero-order valence-electron chi connectivity index (χ0n) is 9.69. The highest BCUT2D eigenvalue weighted by atomic mass is 32.2. The van der Waals surface area contributed by atoms with Gasteiger partial charge in [0.25, 0.3) is 0 Å². The molecule has 1 aliphatic carbocycles. The Balaban J connectivity index is 1.87. The van der Waals surface area contributed by atoms with E-state index in [-0.39, 0.29) is 6.04 Å². The van der Waals surface area contributed by atoms with Crippen LogP contribution in [0.1, 0.15) is 37.4 Å². The second-order valence-electron chi connectivity index (χ2n) is 4.45. The van der Waals surface area contributed by atoms with E-state index in [9.17, 15) is 0 Å². The van der Waals surface area contributed by atoms with Gasteiger partial charge in [0.15, 0.2) is 5.82 Å². The van der Waals surface area contributed by atoms with Crippen LogP contribution in [0, 0.1) is 5.92 Å². The van der Waals surface area contributed by atoms with Crippen LogP contribution in [-0.2, 0) is 12.2 Å². The van der Waals surface area contributed by atoms with Gasteiger partial charge in [-0.2, -0.15) is 16.7 Å². The Morgan fingerprint density at radius 2 is 2.25 bits per heavy atom. The number of aromatic nitrogens is 2. The summed E-state index contributed by atoms with van der Waals surface area (Å²) in [6, 6.07) is 0.185. The van der Waals surface area contributed by atoms with E-state index in [1.807, 2.05) is 6.26 Å². The number of thioether (sulfide) groups is 1. The molecule has 1 unspecified atom stereocenters. The van der Waals surface area contributed by atoms with Crippen LogP contribution >= 0.6 is 11.8 Å². The maximum absolute atomic E-state index is 6.16. The first-order chi connectivity index (χ1) is 7.79. The van der Waals surface area contributed by atoms with Crippen molar-refractivity contribution in [3.05, 3.63) is 11.7 Å². The lowest BCUT2D eigenvalue weighted by Gasteiger charge is -2.16. The zero-order valence-corrected chi connectivity index (χ0v) is 10.5. The molecular weight excluding hydrogens is 222 g/mol. The van der Waals surface area contributed by atoms with Gasteiger partial charge >= 0.3 is 0 Å². The highest BCUT2D eigenvalue weighted by Gasteiger charge is 2.23. The average molecular weight is 241 g/mol. The minimum atomic E-state index is 0.185. The molecule has 16 heavy (non-hydrogen) atoms. The molecule has 2 N–H and O–H groups in total. The van der Waals surface area contributed by atoms with Crippen LogP contribution in [0.5, 0.6) is 0 Å². The molecule has 1 aromatic heterocycles. The quantitative estimate of drug-likeness (QED) is 0.854. The maximum Gasteiger partial charge on any atom is 0.228 e. The molecule has 4 nitrogen and oxygen atoms in total. The summed E-state index contributed by atoms with van der Waals surface area (Å²) in [5, 5.41) is 3.92. The van der Waals surface area contributed by atoms with Gasteiger partial charge in [0.05, 0.1) is 5.75 Å². The van der Waals surface area contributed by atoms with Crippen molar-refractivity contribution in [1.29, 1.82) is 0 Å². The smallest absolute Gasteiger partial charge is 0.228 e. The highest BCUT2D eigenvalue weighted by Crippen LogP contribution is 2.28. The molecule has 1 fully saturated rings. The lowest BCUT2D eigenvalue weighted by Crippen LogP contribution is -2.30. The molecule has 0 spiro atoms. The van der Waals surface area contributed by atoms with E-state index in [2.05, 4.69) is 10.1 Å². The average Bonchev–Trinajstić information content (AvgIpc) is 2.89. The highest BCUT2D eigenvalue weighted by molar-refractivity contribution is 7.97. The van der Waals surface area contributed by atoms with Gasteiger partial charge in [0.2, 0.25) is 5.89 Å². The van der Waals surface area contributed by atoms with Crippen LogP contribution in [0.15, 0.2) is 4.52 Å². The predicted octanol–water partition coefficient (Wildman–Crippen LogP) is 1.99. The van der Waals surface area contributed by atoms with Crippen molar-refractivity contribution >= 4 is 11.8 Å². The third-order valence-corrected chi connectivity index (χ3v) is 3.75. The number of nitrogens with two attached hydrogens (primary N) is 1. The van der Waals surface area contributed by atoms with Crippen LogP contribution in [-0.4, -0.2) is 22.4 Å². The Hall–Kier alpha value is -0.550. The molecule has 0 aromatic carbocycles. The molecule has 5 heteroatoms. The third kappa shape index (κ3) is 2.98. The monoisotopic (exact) mass is 241 g/mol. The molecule has 1 atom stereocenters. The van der Waals surface area contributed by atoms with Crippen LogP contribution in [0.3, 0.4) is 0 Å². The van der Waals surface area contributed by atoms with E-state index in [1.54, 1.807) is 11.8 Å². The number of nitrogens with zero attached hydrogens (tertiary/aromatic N) is 2. The molecule has 1 saturated carbocycles. The van der Waals surface area contributed by atoms with Gasteiger partial charge in [-0.3, -0.25) is 0 Å². The van der Waals surface area contributed by atoms with Gasteiger partial charge in [-0.1, -0.05) is 18.0 Å². The topological polar surface area (TPSA) is 64.9 Å². The minimum absolute atomic E-state index is 0.185. The van der Waals surface area contributed by atoms with E-state index in [0.29, 0.717) is 11.8 Å². The molecule has 0 amide bonds. The van der Waals surface area contributed by atoms with Crippen molar-refractivity contribution in [2.45, 2.75) is 43.9 Å². The second kappa shape index (κ2) is 5.68. The summed E-state index contributed by atoms with van der Waals surface area (Å²) in [6.45, 7) is 0. The zero-order chi connectivity index (χ0) is 11.4. The van der Waals surface area contributed by atoms with Gasteiger partial charge in [-0.25, -0.2) is 0 Å². The number of hydrogen-bond acceptors (Lipinski definition) is 5. The minimum Gasteiger partial charge on any atom is -0.339 e. The van der Waals surface area contributed by atoms with Crippen LogP contribution < -0.4 is 5.73 Å². The van der Waals surface area contributed by atoms with Gasteiger partial charge in [0.1, 0.15) is 0 Å². The summed E-state index contributed by atoms with van der Waals surface area (Å²) >= 11 is 1.70. The van der Waals surface area contributed by atoms with Gasteiger partial charge in [-0.15, -0.1) is 0 Å². The first kappa shape index (κ1) is 11.9. The molecule has 2 rings (SSSR count). The molecule has 0 aliphatic heterocycles. The van der Waals surface area contributed by atoms with Gasteiger partial charge in [0, 0.05) is 12.5 Å². The molecular formula is C11H19N3OS. The van der Waals surface area contributed by atoms with E-state index < -0.39 is 0 Å². The SMILES string of the molecule is CSCc1noc(CC(N)C2CCCC2)n1. The molecule has 0 radical (unpaired) electrons. The van der Waals surface area contributed by atoms with Crippen LogP contribution in [0.25, 0.3) is 0 Å². The number of rotatable bonds is 5. The summed E-state index contributed by atoms with van der Waals surface area (Å²) in [7, 11) is 0. The first-order valence-corrected chi connectivity index (χ1v) is 7.25. The molecule has 1 aromatic rings. The summed E-state index contributed by atoms with van der Waals surface area (Å²) < 4.78 is 5.19. The fraction of sp³-hybridized carbons (Fsp3) is 0.818. The molecule has 1 aliphatic rings. The van der Waals surface area contributed by atoms with E-state index in [1.165, 1.54) is 25.7 Å². The fourth-order valence-electron chi connectivity index (χ4n) is 2.31. The van der Waals surface area contributed by atoms with Gasteiger partial charge in [-0.05, 0) is 25.0 Å². The Kier molecular flexibility index (Phi) is 4.23. The predicted molar refractivity (Wildman–Crippen MR) is 65.2 cm³/mol. The summed E-state index contributed by atoms with van der Waals surface area (Å²) in [5.74, 6) is 2.93. The van der Waals surface area contributed by atoms with Crippen molar-refractivity contribution in [2.75, 3.05) is 6.26 Å². The Bertz CT molecular complexity index is 323. The Morgan fingerprint density at radius 3 is 2.94 bits per heavy atom. The van der Waals surface area contributed by atoms with Crippen LogP contribution in [0.4, 0.5) is 0 Å². The molecule has 1 heterocycles. The number of hydrogen-bond donors (Lipinski definition) is 1. The van der Waals surface area contributed by atoms with Gasteiger partial charge < -0.3 is 10.3 Å². The maximum atomic E-state index is 6.16. The lowest BCUT2D eigenvalue weighted by atomic mass is 9.96. The van der Waals surface area contributed by atoms with E-state index in [0.717, 1.165) is 18.0 Å². The van der Waals surface area contributed by atoms with E-state index >= 15 is 0 Å². The third-order valence-electron chi connectivity index (χ3n) is 3.20. The van der Waals surface area contributed by atoms with Crippen molar-refractivity contribution in [1.82, 2.24) is 10.1 Å². The normalized spacial score (nSPS) is 19.1. The molecule has 0 bridgehead atoms. The summed E-state index contributed by atoms with van der Waals surface area (Å²) in [5.41, 5.74) is 6.16. The van der Waals surface area contributed by atoms with E-state index in [4.69, 9.17) is 10.3 Å². The van der Waals surface area contributed by atoms with Crippen molar-refractivity contribution in [2.24, 2.45) is 11.7 Å². The standard InChI is InChI=1S/C11H19N3OS/c1-16-7-10-13-11(15-14-10)6-9(12)8-4-2-3-5-8/h8-9H,2-7,12H2,1H3. The summed E-state index contributed by atoms with van der Waals surface area (Å²) in [4.78, 5) is 4.33. The Morgan fingerprint density at radius 1 is 1.50 bits per heavy atom. The molecule has 0 saturated heterocycles. The van der Waals surface area contributed by atoms with Crippen molar-refractivity contribution in [3.8, 4) is 0 Å². The second-order valence-corrected chi connectivity index (χ2v) is 5.32. The largest absolute Gasteiger partial charge is 0.339 e. The fourth-order valence-corrected chi connectivity index (χ4v) is 2.69. The van der Waals surface area contributed by atoms with Crippen molar-refractivity contribution in [3.63, 3.8) is 0 Å².